The van der Waals surface area contributed by atoms with Gasteiger partial charge in [0.2, 0.25) is 0 Å². The largest absolute Gasteiger partial charge is 0.468 e. The molecule has 0 aromatic heterocycles. The number of nitrogens with one attached hydrogen (secondary N) is 1. The van der Waals surface area contributed by atoms with Crippen molar-refractivity contribution in [3.63, 3.8) is 0 Å². The van der Waals surface area contributed by atoms with Crippen molar-refractivity contribution in [2.75, 3.05) is 34.8 Å². The molecule has 0 saturated heterocycles. The molecule has 0 saturated carbocycles. The van der Waals surface area contributed by atoms with E-state index in [4.69, 9.17) is 0 Å². The van der Waals surface area contributed by atoms with Gasteiger partial charge in [0.05, 0.1) is 7.11 Å². The maximum atomic E-state index is 11.3. The topological polar surface area (TPSA) is 41.6 Å². The lowest BCUT2D eigenvalue weighted by Gasteiger charge is -2.28. The van der Waals surface area contributed by atoms with Gasteiger partial charge in [0.25, 0.3) is 0 Å². The minimum atomic E-state index is -0.613. The quantitative estimate of drug-likeness (QED) is 0.594. The molecule has 0 aromatic carbocycles. The highest BCUT2D eigenvalue weighted by atomic mass is 16.5. The lowest BCUT2D eigenvalue weighted by atomic mass is 10.0. The fourth-order valence-electron chi connectivity index (χ4n) is 1.10. The second-order valence-corrected chi connectivity index (χ2v) is 3.31. The van der Waals surface area contributed by atoms with Crippen molar-refractivity contribution in [2.24, 2.45) is 0 Å². The first-order chi connectivity index (χ1) is 5.46. The fourth-order valence-corrected chi connectivity index (χ4v) is 1.10. The number of esters is 1. The Morgan fingerprint density at radius 2 is 2.08 bits per heavy atom. The molecule has 1 N–H and O–H groups in total. The van der Waals surface area contributed by atoms with Gasteiger partial charge in [-0.05, 0) is 28.1 Å². The van der Waals surface area contributed by atoms with E-state index in [9.17, 15) is 4.79 Å². The lowest BCUT2D eigenvalue weighted by Crippen LogP contribution is -2.54. The van der Waals surface area contributed by atoms with Gasteiger partial charge in [0.1, 0.15) is 5.54 Å². The molecule has 72 valence electrons. The number of rotatable bonds is 4. The number of methoxy groups -OCH3 is 1. The SMILES string of the molecule is CNC(C)(CN(C)C)C(=O)OC. The van der Waals surface area contributed by atoms with Crippen LogP contribution in [0.25, 0.3) is 0 Å². The smallest absolute Gasteiger partial charge is 0.327 e. The van der Waals surface area contributed by atoms with E-state index in [1.54, 1.807) is 7.05 Å². The third-order valence-electron chi connectivity index (χ3n) is 1.82. The van der Waals surface area contributed by atoms with Gasteiger partial charge < -0.3 is 15.0 Å². The summed E-state index contributed by atoms with van der Waals surface area (Å²) < 4.78 is 4.68. The number of hydrogen-bond donors (Lipinski definition) is 1. The van der Waals surface area contributed by atoms with Crippen LogP contribution in [0.5, 0.6) is 0 Å². The molecule has 1 atom stereocenters. The Balaban J connectivity index is 4.33. The zero-order valence-corrected chi connectivity index (χ0v) is 8.47. The first-order valence-corrected chi connectivity index (χ1v) is 3.88. The van der Waals surface area contributed by atoms with E-state index in [2.05, 4.69) is 10.1 Å². The minimum absolute atomic E-state index is 0.237. The van der Waals surface area contributed by atoms with Crippen LogP contribution in [0.2, 0.25) is 0 Å². The minimum Gasteiger partial charge on any atom is -0.468 e. The normalized spacial score (nSPS) is 15.8. The zero-order chi connectivity index (χ0) is 9.78. The number of hydrogen-bond acceptors (Lipinski definition) is 4. The Morgan fingerprint density at radius 1 is 1.58 bits per heavy atom. The molecule has 0 amide bonds. The fraction of sp³-hybridized carbons (Fsp3) is 0.875. The van der Waals surface area contributed by atoms with Crippen LogP contribution in [0.15, 0.2) is 0 Å². The predicted molar refractivity (Wildman–Crippen MR) is 48.0 cm³/mol. The molecule has 0 fully saturated rings. The van der Waals surface area contributed by atoms with Crippen LogP contribution in [0, 0.1) is 0 Å². The van der Waals surface area contributed by atoms with Crippen LogP contribution in [0.1, 0.15) is 6.92 Å². The molecule has 4 heteroatoms. The molecule has 4 nitrogen and oxygen atoms in total. The highest BCUT2D eigenvalue weighted by Crippen LogP contribution is 2.06. The average molecular weight is 174 g/mol. The number of carbonyl (C=O) groups is 1. The second kappa shape index (κ2) is 4.42. The van der Waals surface area contributed by atoms with Gasteiger partial charge in [0, 0.05) is 6.54 Å². The van der Waals surface area contributed by atoms with Gasteiger partial charge in [-0.25, -0.2) is 0 Å². The summed E-state index contributed by atoms with van der Waals surface area (Å²) in [5, 5.41) is 2.94. The molecule has 0 rings (SSSR count). The highest BCUT2D eigenvalue weighted by molar-refractivity contribution is 5.80. The number of nitrogens with zero attached hydrogens (tertiary/aromatic N) is 1. The van der Waals surface area contributed by atoms with Crippen molar-refractivity contribution in [1.82, 2.24) is 10.2 Å². The van der Waals surface area contributed by atoms with Crippen LogP contribution < -0.4 is 5.32 Å². The van der Waals surface area contributed by atoms with Crippen molar-refractivity contribution >= 4 is 5.97 Å². The molecule has 0 heterocycles. The summed E-state index contributed by atoms with van der Waals surface area (Å²) in [6.07, 6.45) is 0. The highest BCUT2D eigenvalue weighted by Gasteiger charge is 2.32. The second-order valence-electron chi connectivity index (χ2n) is 3.31. The number of likely N-dealkylation sites (N-methyl/N-ethyl adjacent to an activating group) is 2. The summed E-state index contributed by atoms with van der Waals surface area (Å²) in [5.74, 6) is -0.237. The van der Waals surface area contributed by atoms with Crippen molar-refractivity contribution < 1.29 is 9.53 Å². The van der Waals surface area contributed by atoms with Crippen molar-refractivity contribution in [3.8, 4) is 0 Å². The Labute approximate surface area is 73.9 Å². The number of carbonyl (C=O) groups excluding carboxylic acids is 1. The van der Waals surface area contributed by atoms with Gasteiger partial charge in [-0.2, -0.15) is 0 Å². The Morgan fingerprint density at radius 3 is 2.33 bits per heavy atom. The molecule has 0 aliphatic rings. The van der Waals surface area contributed by atoms with Crippen molar-refractivity contribution in [2.45, 2.75) is 12.5 Å². The summed E-state index contributed by atoms with van der Waals surface area (Å²) in [7, 11) is 6.98. The molecule has 0 aliphatic carbocycles. The van der Waals surface area contributed by atoms with Gasteiger partial charge in [-0.3, -0.25) is 4.79 Å². The van der Waals surface area contributed by atoms with Crippen LogP contribution in [0.4, 0.5) is 0 Å². The average Bonchev–Trinajstić information content (AvgIpc) is 2.01. The predicted octanol–water partition coefficient (Wildman–Crippen LogP) is -0.301. The van der Waals surface area contributed by atoms with E-state index >= 15 is 0 Å². The Bertz CT molecular complexity index is 159. The van der Waals surface area contributed by atoms with Crippen LogP contribution in [-0.4, -0.2) is 51.2 Å². The van der Waals surface area contributed by atoms with Gasteiger partial charge in [-0.15, -0.1) is 0 Å². The molecule has 12 heavy (non-hydrogen) atoms. The third kappa shape index (κ3) is 2.79. The molecule has 0 spiro atoms. The monoisotopic (exact) mass is 174 g/mol. The first kappa shape index (κ1) is 11.4. The molecule has 0 aliphatic heterocycles. The maximum Gasteiger partial charge on any atom is 0.327 e. The summed E-state index contributed by atoms with van der Waals surface area (Å²) in [4.78, 5) is 13.2. The van der Waals surface area contributed by atoms with Gasteiger partial charge in [0.15, 0.2) is 0 Å². The van der Waals surface area contributed by atoms with E-state index in [1.807, 2.05) is 25.9 Å². The molecule has 1 unspecified atom stereocenters. The lowest BCUT2D eigenvalue weighted by molar-refractivity contribution is -0.148. The van der Waals surface area contributed by atoms with Crippen molar-refractivity contribution in [3.05, 3.63) is 0 Å². The molecule has 0 radical (unpaired) electrons. The third-order valence-corrected chi connectivity index (χ3v) is 1.82. The van der Waals surface area contributed by atoms with E-state index in [0.29, 0.717) is 6.54 Å². The van der Waals surface area contributed by atoms with Gasteiger partial charge >= 0.3 is 5.97 Å². The van der Waals surface area contributed by atoms with E-state index in [0.717, 1.165) is 0 Å². The van der Waals surface area contributed by atoms with Crippen LogP contribution in [-0.2, 0) is 9.53 Å². The Kier molecular flexibility index (Phi) is 4.20. The first-order valence-electron chi connectivity index (χ1n) is 3.88. The number of ether oxygens (including phenoxy) is 1. The standard InChI is InChI=1S/C8H18N2O2/c1-8(9-2,6-10(3)4)7(11)12-5/h9H,6H2,1-5H3. The summed E-state index contributed by atoms with van der Waals surface area (Å²) in [6, 6.07) is 0. The van der Waals surface area contributed by atoms with Gasteiger partial charge in [-0.1, -0.05) is 0 Å². The summed E-state index contributed by atoms with van der Waals surface area (Å²) >= 11 is 0. The van der Waals surface area contributed by atoms with Crippen molar-refractivity contribution in [1.29, 1.82) is 0 Å². The van der Waals surface area contributed by atoms with Crippen LogP contribution >= 0.6 is 0 Å². The zero-order valence-electron chi connectivity index (χ0n) is 8.47. The molecule has 0 aromatic rings. The maximum absolute atomic E-state index is 11.3. The van der Waals surface area contributed by atoms with E-state index < -0.39 is 5.54 Å². The summed E-state index contributed by atoms with van der Waals surface area (Å²) in [5.41, 5.74) is -0.613. The van der Waals surface area contributed by atoms with Crippen LogP contribution in [0.3, 0.4) is 0 Å². The van der Waals surface area contributed by atoms with E-state index in [1.165, 1.54) is 7.11 Å². The molecule has 0 bridgehead atoms. The summed E-state index contributed by atoms with van der Waals surface area (Å²) in [6.45, 7) is 2.44. The van der Waals surface area contributed by atoms with E-state index in [-0.39, 0.29) is 5.97 Å². The molecular weight excluding hydrogens is 156 g/mol. The Hall–Kier alpha value is -0.610. The molecular formula is C8H18N2O2.